The summed E-state index contributed by atoms with van der Waals surface area (Å²) < 4.78 is 5.05. The van der Waals surface area contributed by atoms with E-state index in [1.807, 2.05) is 0 Å². The van der Waals surface area contributed by atoms with Gasteiger partial charge < -0.3 is 9.73 Å². The monoisotopic (exact) mass is 282 g/mol. The van der Waals surface area contributed by atoms with E-state index in [9.17, 15) is 4.79 Å². The maximum absolute atomic E-state index is 11.6. The van der Waals surface area contributed by atoms with Gasteiger partial charge in [0.1, 0.15) is 10.3 Å². The third-order valence-electron chi connectivity index (χ3n) is 1.73. The van der Waals surface area contributed by atoms with Crippen molar-refractivity contribution in [1.29, 1.82) is 0 Å². The predicted octanol–water partition coefficient (Wildman–Crippen LogP) is 2.91. The van der Waals surface area contributed by atoms with Crippen molar-refractivity contribution in [2.75, 3.05) is 6.54 Å². The molecule has 1 aromatic heterocycles. The molecule has 1 rings (SSSR count). The van der Waals surface area contributed by atoms with Crippen molar-refractivity contribution in [1.82, 2.24) is 10.3 Å². The highest BCUT2D eigenvalue weighted by molar-refractivity contribution is 6.59. The summed E-state index contributed by atoms with van der Waals surface area (Å²) in [6.07, 6.45) is 0. The van der Waals surface area contributed by atoms with Gasteiger partial charge in [-0.2, -0.15) is 0 Å². The molecule has 0 aliphatic carbocycles. The second-order valence-corrected chi connectivity index (χ2v) is 4.39. The first-order valence-electron chi connectivity index (χ1n) is 4.33. The standard InChI is InChI=1S/C9H9Cl3N2O2/c1-4-7(14-5(2)16-4)9(15)13-3-6(10)8(11)12/h3H2,1-2H3,(H,13,15). The van der Waals surface area contributed by atoms with Crippen LogP contribution >= 0.6 is 34.8 Å². The number of hydrogen-bond donors (Lipinski definition) is 1. The average Bonchev–Trinajstić information content (AvgIpc) is 2.53. The molecule has 0 radical (unpaired) electrons. The first-order valence-corrected chi connectivity index (χ1v) is 5.47. The van der Waals surface area contributed by atoms with Gasteiger partial charge in [-0.25, -0.2) is 4.98 Å². The van der Waals surface area contributed by atoms with Crippen LogP contribution in [0.1, 0.15) is 22.1 Å². The lowest BCUT2D eigenvalue weighted by atomic mass is 10.3. The van der Waals surface area contributed by atoms with Crippen molar-refractivity contribution in [3.05, 3.63) is 26.9 Å². The number of amides is 1. The number of aryl methyl sites for hydroxylation is 2. The molecule has 1 heterocycles. The van der Waals surface area contributed by atoms with Crippen LogP contribution in [0.2, 0.25) is 0 Å². The van der Waals surface area contributed by atoms with Gasteiger partial charge in [-0.3, -0.25) is 4.79 Å². The summed E-state index contributed by atoms with van der Waals surface area (Å²) in [7, 11) is 0. The highest BCUT2D eigenvalue weighted by atomic mass is 35.5. The van der Waals surface area contributed by atoms with Crippen molar-refractivity contribution in [3.63, 3.8) is 0 Å². The molecule has 16 heavy (non-hydrogen) atoms. The van der Waals surface area contributed by atoms with E-state index < -0.39 is 0 Å². The first kappa shape index (κ1) is 13.4. The molecule has 0 unspecified atom stereocenters. The number of carbonyl (C=O) groups is 1. The van der Waals surface area contributed by atoms with Crippen molar-refractivity contribution in [3.8, 4) is 0 Å². The Bertz CT molecular complexity index is 436. The minimum absolute atomic E-state index is 0.0497. The summed E-state index contributed by atoms with van der Waals surface area (Å²) in [6, 6.07) is 0. The van der Waals surface area contributed by atoms with Gasteiger partial charge in [0.2, 0.25) is 0 Å². The zero-order valence-electron chi connectivity index (χ0n) is 8.60. The Hall–Kier alpha value is -0.710. The molecular weight excluding hydrogens is 274 g/mol. The Morgan fingerprint density at radius 1 is 1.38 bits per heavy atom. The van der Waals surface area contributed by atoms with Gasteiger partial charge in [-0.15, -0.1) is 0 Å². The largest absolute Gasteiger partial charge is 0.445 e. The molecule has 4 nitrogen and oxygen atoms in total. The van der Waals surface area contributed by atoms with Crippen LogP contribution in [0.4, 0.5) is 0 Å². The minimum Gasteiger partial charge on any atom is -0.445 e. The second kappa shape index (κ2) is 5.57. The topological polar surface area (TPSA) is 55.1 Å². The summed E-state index contributed by atoms with van der Waals surface area (Å²) in [5.74, 6) is 0.494. The van der Waals surface area contributed by atoms with Gasteiger partial charge in [0.05, 0.1) is 11.6 Å². The molecule has 7 heteroatoms. The van der Waals surface area contributed by atoms with Gasteiger partial charge in [0, 0.05) is 6.92 Å². The summed E-state index contributed by atoms with van der Waals surface area (Å²) in [5.41, 5.74) is 0.229. The summed E-state index contributed by atoms with van der Waals surface area (Å²) in [6.45, 7) is 3.36. The Labute approximate surface area is 108 Å². The lowest BCUT2D eigenvalue weighted by Gasteiger charge is -2.02. The lowest BCUT2D eigenvalue weighted by Crippen LogP contribution is -2.25. The Morgan fingerprint density at radius 2 is 2.00 bits per heavy atom. The highest BCUT2D eigenvalue weighted by Crippen LogP contribution is 2.16. The smallest absolute Gasteiger partial charge is 0.273 e. The van der Waals surface area contributed by atoms with E-state index in [4.69, 9.17) is 39.2 Å². The zero-order chi connectivity index (χ0) is 12.3. The molecule has 0 saturated carbocycles. The molecular formula is C9H9Cl3N2O2. The van der Waals surface area contributed by atoms with Gasteiger partial charge in [-0.1, -0.05) is 34.8 Å². The molecule has 1 N–H and O–H groups in total. The summed E-state index contributed by atoms with van der Waals surface area (Å²) in [4.78, 5) is 15.5. The normalized spacial score (nSPS) is 10.1. The van der Waals surface area contributed by atoms with E-state index >= 15 is 0 Å². The third kappa shape index (κ3) is 3.40. The summed E-state index contributed by atoms with van der Waals surface area (Å²) >= 11 is 16.5. The molecule has 0 fully saturated rings. The molecule has 1 amide bonds. The Kier molecular flexibility index (Phi) is 4.65. The van der Waals surface area contributed by atoms with Gasteiger partial charge in [-0.05, 0) is 6.92 Å². The summed E-state index contributed by atoms with van der Waals surface area (Å²) in [5, 5.41) is 2.68. The average molecular weight is 284 g/mol. The van der Waals surface area contributed by atoms with Crippen LogP contribution in [-0.4, -0.2) is 17.4 Å². The molecule has 0 saturated heterocycles. The highest BCUT2D eigenvalue weighted by Gasteiger charge is 2.15. The number of rotatable bonds is 3. The lowest BCUT2D eigenvalue weighted by molar-refractivity contribution is 0.0951. The Balaban J connectivity index is 2.67. The molecule has 0 atom stereocenters. The maximum Gasteiger partial charge on any atom is 0.273 e. The molecule has 0 aliphatic rings. The fourth-order valence-corrected chi connectivity index (χ4v) is 1.25. The van der Waals surface area contributed by atoms with Crippen molar-refractivity contribution < 1.29 is 9.21 Å². The van der Waals surface area contributed by atoms with Gasteiger partial charge >= 0.3 is 0 Å². The van der Waals surface area contributed by atoms with Crippen molar-refractivity contribution in [2.24, 2.45) is 0 Å². The number of nitrogens with one attached hydrogen (secondary N) is 1. The predicted molar refractivity (Wildman–Crippen MR) is 62.9 cm³/mol. The van der Waals surface area contributed by atoms with Crippen molar-refractivity contribution >= 4 is 40.7 Å². The Morgan fingerprint density at radius 3 is 2.44 bits per heavy atom. The number of halogens is 3. The van der Waals surface area contributed by atoms with Gasteiger partial charge in [0.15, 0.2) is 11.6 Å². The second-order valence-electron chi connectivity index (χ2n) is 2.99. The number of oxazole rings is 1. The van der Waals surface area contributed by atoms with Crippen LogP contribution in [0, 0.1) is 13.8 Å². The quantitative estimate of drug-likeness (QED) is 0.928. The van der Waals surface area contributed by atoms with Crippen LogP contribution < -0.4 is 5.32 Å². The van der Waals surface area contributed by atoms with E-state index in [-0.39, 0.29) is 27.7 Å². The molecule has 1 aromatic rings. The fourth-order valence-electron chi connectivity index (χ4n) is 1.05. The van der Waals surface area contributed by atoms with E-state index in [1.54, 1.807) is 13.8 Å². The number of hydrogen-bond acceptors (Lipinski definition) is 3. The van der Waals surface area contributed by atoms with Crippen LogP contribution in [-0.2, 0) is 0 Å². The van der Waals surface area contributed by atoms with E-state index in [1.165, 1.54) is 0 Å². The molecule has 0 spiro atoms. The maximum atomic E-state index is 11.6. The molecule has 0 bridgehead atoms. The van der Waals surface area contributed by atoms with Crippen LogP contribution in [0.3, 0.4) is 0 Å². The minimum atomic E-state index is -0.387. The molecule has 88 valence electrons. The van der Waals surface area contributed by atoms with E-state index in [0.717, 1.165) is 0 Å². The van der Waals surface area contributed by atoms with Crippen LogP contribution in [0.25, 0.3) is 0 Å². The third-order valence-corrected chi connectivity index (χ3v) is 2.70. The first-order chi connectivity index (χ1) is 7.41. The zero-order valence-corrected chi connectivity index (χ0v) is 10.9. The SMILES string of the molecule is Cc1nc(C(=O)NCC(Cl)=C(Cl)Cl)c(C)o1. The van der Waals surface area contributed by atoms with Gasteiger partial charge in [0.25, 0.3) is 5.91 Å². The molecule has 0 aromatic carbocycles. The van der Waals surface area contributed by atoms with E-state index in [2.05, 4.69) is 10.3 Å². The number of aromatic nitrogens is 1. The van der Waals surface area contributed by atoms with Crippen LogP contribution in [0.5, 0.6) is 0 Å². The molecule has 0 aliphatic heterocycles. The van der Waals surface area contributed by atoms with Crippen LogP contribution in [0.15, 0.2) is 13.9 Å². The number of carbonyl (C=O) groups excluding carboxylic acids is 1. The van der Waals surface area contributed by atoms with Crippen molar-refractivity contribution in [2.45, 2.75) is 13.8 Å². The fraction of sp³-hybridized carbons (Fsp3) is 0.333. The number of nitrogens with zero attached hydrogens (tertiary/aromatic N) is 1. The van der Waals surface area contributed by atoms with E-state index in [0.29, 0.717) is 11.7 Å².